The lowest BCUT2D eigenvalue weighted by Crippen LogP contribution is -2.39. The standard InChI is InChI=1S/C32H34N2OS/c35-32(31-12-6-10-27-9-4-5-11-30(27)31)34-21-28(19-24-15-18-36-23-24)29(22-34)20-33-16-13-26(14-17-33)25-7-2-1-3-8-25/h1-12,15,18,23,26,28-29H,13-14,16-17,19-22H2. The highest BCUT2D eigenvalue weighted by Crippen LogP contribution is 2.33. The SMILES string of the molecule is O=C(c1cccc2ccccc12)N1CC(Cc2ccsc2)C(CN2CCC(c3ccccc3)CC2)C1. The molecule has 36 heavy (non-hydrogen) atoms. The number of thiophene rings is 1. The van der Waals surface area contributed by atoms with Crippen LogP contribution in [0.25, 0.3) is 10.8 Å². The number of benzene rings is 3. The minimum atomic E-state index is 0.187. The number of rotatable bonds is 6. The molecule has 2 aliphatic heterocycles. The summed E-state index contributed by atoms with van der Waals surface area (Å²) in [6, 6.07) is 27.6. The predicted octanol–water partition coefficient (Wildman–Crippen LogP) is 6.71. The van der Waals surface area contributed by atoms with E-state index in [1.165, 1.54) is 24.0 Å². The van der Waals surface area contributed by atoms with Crippen LogP contribution in [0.3, 0.4) is 0 Å². The van der Waals surface area contributed by atoms with Crippen molar-refractivity contribution in [3.05, 3.63) is 106 Å². The Labute approximate surface area is 218 Å². The van der Waals surface area contributed by atoms with Gasteiger partial charge in [-0.3, -0.25) is 4.79 Å². The number of amides is 1. The van der Waals surface area contributed by atoms with E-state index < -0.39 is 0 Å². The molecular formula is C32H34N2OS. The maximum Gasteiger partial charge on any atom is 0.254 e. The van der Waals surface area contributed by atoms with Crippen LogP contribution < -0.4 is 0 Å². The molecule has 0 bridgehead atoms. The monoisotopic (exact) mass is 494 g/mol. The first-order valence-electron chi connectivity index (χ1n) is 13.3. The zero-order chi connectivity index (χ0) is 24.3. The molecule has 2 unspecified atom stereocenters. The summed E-state index contributed by atoms with van der Waals surface area (Å²) < 4.78 is 0. The molecule has 0 N–H and O–H groups in total. The highest BCUT2D eigenvalue weighted by Gasteiger charge is 2.37. The number of carbonyl (C=O) groups excluding carboxylic acids is 1. The van der Waals surface area contributed by atoms with Crippen molar-refractivity contribution in [2.45, 2.75) is 25.2 Å². The molecular weight excluding hydrogens is 460 g/mol. The second-order valence-electron chi connectivity index (χ2n) is 10.6. The van der Waals surface area contributed by atoms with Crippen LogP contribution >= 0.6 is 11.3 Å². The fourth-order valence-corrected chi connectivity index (χ4v) is 7.02. The van der Waals surface area contributed by atoms with Crippen molar-refractivity contribution in [1.82, 2.24) is 9.80 Å². The van der Waals surface area contributed by atoms with Crippen LogP contribution in [0, 0.1) is 11.8 Å². The molecule has 1 aromatic heterocycles. The molecule has 0 saturated carbocycles. The predicted molar refractivity (Wildman–Crippen MR) is 150 cm³/mol. The van der Waals surface area contributed by atoms with Crippen LogP contribution in [-0.4, -0.2) is 48.4 Å². The molecule has 4 heteroatoms. The van der Waals surface area contributed by atoms with Gasteiger partial charge in [0.1, 0.15) is 0 Å². The minimum absolute atomic E-state index is 0.187. The molecule has 2 fully saturated rings. The zero-order valence-electron chi connectivity index (χ0n) is 20.8. The molecule has 184 valence electrons. The molecule has 6 rings (SSSR count). The summed E-state index contributed by atoms with van der Waals surface area (Å²) in [4.78, 5) is 18.6. The summed E-state index contributed by atoms with van der Waals surface area (Å²) in [7, 11) is 0. The Morgan fingerprint density at radius 1 is 0.833 bits per heavy atom. The number of piperidine rings is 1. The van der Waals surface area contributed by atoms with Crippen LogP contribution in [0.15, 0.2) is 89.6 Å². The van der Waals surface area contributed by atoms with Crippen molar-refractivity contribution >= 4 is 28.0 Å². The van der Waals surface area contributed by atoms with E-state index in [2.05, 4.69) is 75.2 Å². The van der Waals surface area contributed by atoms with Gasteiger partial charge in [0.15, 0.2) is 0 Å². The lowest BCUT2D eigenvalue weighted by Gasteiger charge is -2.34. The van der Waals surface area contributed by atoms with Gasteiger partial charge in [0.2, 0.25) is 0 Å². The maximum atomic E-state index is 13.8. The highest BCUT2D eigenvalue weighted by atomic mass is 32.1. The van der Waals surface area contributed by atoms with Crippen LogP contribution in [0.5, 0.6) is 0 Å². The number of fused-ring (bicyclic) bond motifs is 1. The summed E-state index contributed by atoms with van der Waals surface area (Å²) in [5.74, 6) is 1.88. The summed E-state index contributed by atoms with van der Waals surface area (Å²) in [5, 5.41) is 6.64. The fraction of sp³-hybridized carbons (Fsp3) is 0.344. The van der Waals surface area contributed by atoms with Crippen molar-refractivity contribution in [1.29, 1.82) is 0 Å². The Balaban J connectivity index is 1.17. The van der Waals surface area contributed by atoms with Crippen molar-refractivity contribution in [2.75, 3.05) is 32.7 Å². The lowest BCUT2D eigenvalue weighted by atomic mass is 9.87. The topological polar surface area (TPSA) is 23.6 Å². The lowest BCUT2D eigenvalue weighted by molar-refractivity contribution is 0.0782. The molecule has 1 amide bonds. The maximum absolute atomic E-state index is 13.8. The van der Waals surface area contributed by atoms with Crippen LogP contribution in [0.1, 0.15) is 40.2 Å². The molecule has 3 nitrogen and oxygen atoms in total. The van der Waals surface area contributed by atoms with Gasteiger partial charge in [-0.1, -0.05) is 66.7 Å². The van der Waals surface area contributed by atoms with E-state index >= 15 is 0 Å². The molecule has 0 spiro atoms. The first-order valence-corrected chi connectivity index (χ1v) is 14.2. The van der Waals surface area contributed by atoms with Crippen molar-refractivity contribution in [3.8, 4) is 0 Å². The smallest absolute Gasteiger partial charge is 0.254 e. The molecule has 4 aromatic rings. The summed E-state index contributed by atoms with van der Waals surface area (Å²) in [6.45, 7) is 5.10. The van der Waals surface area contributed by atoms with Crippen LogP contribution in [0.4, 0.5) is 0 Å². The van der Waals surface area contributed by atoms with Crippen molar-refractivity contribution in [3.63, 3.8) is 0 Å². The number of nitrogens with zero attached hydrogens (tertiary/aromatic N) is 2. The van der Waals surface area contributed by atoms with Gasteiger partial charge >= 0.3 is 0 Å². The molecule has 3 heterocycles. The molecule has 0 aliphatic carbocycles. The van der Waals surface area contributed by atoms with Crippen molar-refractivity contribution < 1.29 is 4.79 Å². The zero-order valence-corrected chi connectivity index (χ0v) is 21.6. The Hall–Kier alpha value is -2.95. The third-order valence-electron chi connectivity index (χ3n) is 8.31. The number of hydrogen-bond donors (Lipinski definition) is 0. The van der Waals surface area contributed by atoms with Gasteiger partial charge in [-0.2, -0.15) is 11.3 Å². The minimum Gasteiger partial charge on any atom is -0.338 e. The van der Waals surface area contributed by atoms with Gasteiger partial charge in [-0.25, -0.2) is 0 Å². The largest absolute Gasteiger partial charge is 0.338 e. The fourth-order valence-electron chi connectivity index (χ4n) is 6.34. The Morgan fingerprint density at radius 3 is 2.39 bits per heavy atom. The second kappa shape index (κ2) is 10.6. The molecule has 2 aliphatic rings. The van der Waals surface area contributed by atoms with Crippen LogP contribution in [-0.2, 0) is 6.42 Å². The average molecular weight is 495 g/mol. The summed E-state index contributed by atoms with van der Waals surface area (Å²) in [5.41, 5.74) is 3.74. The van der Waals surface area contributed by atoms with E-state index in [1.54, 1.807) is 11.3 Å². The van der Waals surface area contributed by atoms with E-state index in [4.69, 9.17) is 0 Å². The van der Waals surface area contributed by atoms with Crippen molar-refractivity contribution in [2.24, 2.45) is 11.8 Å². The van der Waals surface area contributed by atoms with Gasteiger partial charge in [-0.15, -0.1) is 0 Å². The van der Waals surface area contributed by atoms with Crippen LogP contribution in [0.2, 0.25) is 0 Å². The van der Waals surface area contributed by atoms with Gasteiger partial charge in [0.05, 0.1) is 0 Å². The third kappa shape index (κ3) is 4.98. The van der Waals surface area contributed by atoms with Gasteiger partial charge in [-0.05, 0) is 94.9 Å². The number of carbonyl (C=O) groups is 1. The Kier molecular flexibility index (Phi) is 6.89. The average Bonchev–Trinajstić information content (AvgIpc) is 3.59. The number of hydrogen-bond acceptors (Lipinski definition) is 3. The first-order chi connectivity index (χ1) is 17.7. The summed E-state index contributed by atoms with van der Waals surface area (Å²) >= 11 is 1.77. The quantitative estimate of drug-likeness (QED) is 0.297. The summed E-state index contributed by atoms with van der Waals surface area (Å²) in [6.07, 6.45) is 3.52. The third-order valence-corrected chi connectivity index (χ3v) is 9.05. The Morgan fingerprint density at radius 2 is 1.58 bits per heavy atom. The highest BCUT2D eigenvalue weighted by molar-refractivity contribution is 7.07. The number of likely N-dealkylation sites (tertiary alicyclic amines) is 2. The molecule has 2 atom stereocenters. The molecule has 0 radical (unpaired) electrons. The van der Waals surface area contributed by atoms with E-state index in [-0.39, 0.29) is 5.91 Å². The van der Waals surface area contributed by atoms with Gasteiger partial charge < -0.3 is 9.80 Å². The van der Waals surface area contributed by atoms with E-state index in [0.29, 0.717) is 17.8 Å². The first kappa shape index (κ1) is 23.4. The van der Waals surface area contributed by atoms with E-state index in [0.717, 1.165) is 55.5 Å². The Bertz CT molecular complexity index is 1290. The molecule has 2 saturated heterocycles. The second-order valence-corrected chi connectivity index (χ2v) is 11.4. The van der Waals surface area contributed by atoms with Gasteiger partial charge in [0, 0.05) is 25.2 Å². The molecule has 3 aromatic carbocycles. The normalized spacial score (nSPS) is 21.3. The van der Waals surface area contributed by atoms with E-state index in [1.807, 2.05) is 24.3 Å². The van der Waals surface area contributed by atoms with Gasteiger partial charge in [0.25, 0.3) is 5.91 Å². The van der Waals surface area contributed by atoms with E-state index in [9.17, 15) is 4.79 Å².